The topological polar surface area (TPSA) is 92.9 Å². The zero-order chi connectivity index (χ0) is 16.9. The van der Waals surface area contributed by atoms with Gasteiger partial charge >= 0.3 is 0 Å². The first-order valence-corrected chi connectivity index (χ1v) is 7.49. The molecule has 7 heteroatoms. The number of tetrazole rings is 1. The van der Waals surface area contributed by atoms with Crippen LogP contribution in [0.4, 0.5) is 5.69 Å². The van der Waals surface area contributed by atoms with Crippen LogP contribution in [0.25, 0.3) is 11.4 Å². The molecule has 1 aromatic heterocycles. The number of hydrogen-bond acceptors (Lipinski definition) is 5. The maximum absolute atomic E-state index is 12.1. The molecule has 1 atom stereocenters. The van der Waals surface area contributed by atoms with Crippen LogP contribution in [0.3, 0.4) is 0 Å². The molecule has 1 heterocycles. The van der Waals surface area contributed by atoms with Gasteiger partial charge in [-0.25, -0.2) is 4.68 Å². The first-order valence-electron chi connectivity index (χ1n) is 7.49. The van der Waals surface area contributed by atoms with Crippen molar-refractivity contribution in [2.24, 2.45) is 7.05 Å². The molecular formula is C17H17N5O2. The second-order valence-corrected chi connectivity index (χ2v) is 5.39. The number of rotatable bonds is 5. The van der Waals surface area contributed by atoms with Gasteiger partial charge in [0.05, 0.1) is 12.5 Å². The summed E-state index contributed by atoms with van der Waals surface area (Å²) in [6, 6.07) is 16.3. The zero-order valence-electron chi connectivity index (χ0n) is 13.1. The van der Waals surface area contributed by atoms with Crippen LogP contribution in [-0.2, 0) is 11.8 Å². The third-order valence-corrected chi connectivity index (χ3v) is 3.59. The molecule has 0 saturated heterocycles. The molecule has 1 unspecified atom stereocenters. The minimum absolute atomic E-state index is 0.0141. The van der Waals surface area contributed by atoms with Gasteiger partial charge in [0, 0.05) is 18.3 Å². The number of carbonyl (C=O) groups is 1. The van der Waals surface area contributed by atoms with Gasteiger partial charge in [0.2, 0.25) is 5.91 Å². The molecule has 2 aromatic carbocycles. The van der Waals surface area contributed by atoms with Crippen molar-refractivity contribution in [3.05, 3.63) is 60.2 Å². The maximum atomic E-state index is 12.1. The summed E-state index contributed by atoms with van der Waals surface area (Å²) >= 11 is 0. The summed E-state index contributed by atoms with van der Waals surface area (Å²) in [5.41, 5.74) is 2.14. The molecule has 24 heavy (non-hydrogen) atoms. The zero-order valence-corrected chi connectivity index (χ0v) is 13.1. The van der Waals surface area contributed by atoms with Crippen LogP contribution in [0.5, 0.6) is 0 Å². The second kappa shape index (κ2) is 7.01. The van der Waals surface area contributed by atoms with Gasteiger partial charge in [-0.3, -0.25) is 4.79 Å². The SMILES string of the molecule is Cn1nnnc1-c1cccc(NC(=O)CC(O)c2ccccc2)c1. The van der Waals surface area contributed by atoms with Crippen molar-refractivity contribution in [3.8, 4) is 11.4 Å². The fraction of sp³-hybridized carbons (Fsp3) is 0.176. The summed E-state index contributed by atoms with van der Waals surface area (Å²) in [5.74, 6) is 0.343. The van der Waals surface area contributed by atoms with E-state index in [-0.39, 0.29) is 12.3 Å². The molecule has 122 valence electrons. The van der Waals surface area contributed by atoms with Crippen LogP contribution in [0, 0.1) is 0 Å². The largest absolute Gasteiger partial charge is 0.388 e. The Hall–Kier alpha value is -3.06. The molecular weight excluding hydrogens is 306 g/mol. The summed E-state index contributed by atoms with van der Waals surface area (Å²) in [7, 11) is 1.75. The number of aromatic nitrogens is 4. The van der Waals surface area contributed by atoms with Gasteiger partial charge < -0.3 is 10.4 Å². The monoisotopic (exact) mass is 323 g/mol. The van der Waals surface area contributed by atoms with Gasteiger partial charge in [0.25, 0.3) is 0 Å². The fourth-order valence-corrected chi connectivity index (χ4v) is 2.39. The van der Waals surface area contributed by atoms with Gasteiger partial charge in [-0.15, -0.1) is 5.10 Å². The smallest absolute Gasteiger partial charge is 0.227 e. The molecule has 0 radical (unpaired) electrons. The van der Waals surface area contributed by atoms with E-state index in [0.717, 1.165) is 5.56 Å². The number of amides is 1. The van der Waals surface area contributed by atoms with Gasteiger partial charge in [0.15, 0.2) is 5.82 Å². The normalized spacial score (nSPS) is 11.9. The highest BCUT2D eigenvalue weighted by Crippen LogP contribution is 2.21. The highest BCUT2D eigenvalue weighted by atomic mass is 16.3. The quantitative estimate of drug-likeness (QED) is 0.748. The van der Waals surface area contributed by atoms with Gasteiger partial charge in [-0.05, 0) is 28.1 Å². The van der Waals surface area contributed by atoms with Crippen molar-refractivity contribution in [3.63, 3.8) is 0 Å². The lowest BCUT2D eigenvalue weighted by Crippen LogP contribution is -2.15. The number of carbonyl (C=O) groups excluding carboxylic acids is 1. The lowest BCUT2D eigenvalue weighted by atomic mass is 10.1. The fourth-order valence-electron chi connectivity index (χ4n) is 2.39. The molecule has 0 aliphatic carbocycles. The Morgan fingerprint density at radius 3 is 2.71 bits per heavy atom. The average molecular weight is 323 g/mol. The number of nitrogens with one attached hydrogen (secondary N) is 1. The highest BCUT2D eigenvalue weighted by molar-refractivity contribution is 5.91. The van der Waals surface area contributed by atoms with E-state index in [0.29, 0.717) is 17.1 Å². The van der Waals surface area contributed by atoms with Crippen LogP contribution in [0.2, 0.25) is 0 Å². The van der Waals surface area contributed by atoms with Crippen LogP contribution < -0.4 is 5.32 Å². The number of anilines is 1. The van der Waals surface area contributed by atoms with E-state index in [1.165, 1.54) is 0 Å². The molecule has 0 fully saturated rings. The summed E-state index contributed by atoms with van der Waals surface area (Å²) in [5, 5.41) is 24.2. The molecule has 0 bridgehead atoms. The highest BCUT2D eigenvalue weighted by Gasteiger charge is 2.13. The molecule has 2 N–H and O–H groups in total. The van der Waals surface area contributed by atoms with Crippen LogP contribution in [0.1, 0.15) is 18.1 Å². The van der Waals surface area contributed by atoms with Crippen molar-refractivity contribution in [2.45, 2.75) is 12.5 Å². The molecule has 0 aliphatic heterocycles. The minimum Gasteiger partial charge on any atom is -0.388 e. The Morgan fingerprint density at radius 1 is 1.21 bits per heavy atom. The van der Waals surface area contributed by atoms with E-state index in [1.807, 2.05) is 30.3 Å². The Bertz CT molecular complexity index is 832. The third-order valence-electron chi connectivity index (χ3n) is 3.59. The molecule has 3 aromatic rings. The molecule has 3 rings (SSSR count). The minimum atomic E-state index is -0.836. The predicted octanol–water partition coefficient (Wildman–Crippen LogP) is 1.94. The Labute approximate surface area is 138 Å². The van der Waals surface area contributed by atoms with Crippen molar-refractivity contribution in [2.75, 3.05) is 5.32 Å². The van der Waals surface area contributed by atoms with Crippen LogP contribution in [-0.4, -0.2) is 31.2 Å². The van der Waals surface area contributed by atoms with Gasteiger partial charge in [-0.1, -0.05) is 42.5 Å². The van der Waals surface area contributed by atoms with Gasteiger partial charge in [-0.2, -0.15) is 0 Å². The second-order valence-electron chi connectivity index (χ2n) is 5.39. The Morgan fingerprint density at radius 2 is 2.00 bits per heavy atom. The van der Waals surface area contributed by atoms with Crippen molar-refractivity contribution >= 4 is 11.6 Å². The lowest BCUT2D eigenvalue weighted by Gasteiger charge is -2.11. The van der Waals surface area contributed by atoms with E-state index in [1.54, 1.807) is 36.0 Å². The standard InChI is InChI=1S/C17H17N5O2/c1-22-17(19-20-21-22)13-8-5-9-14(10-13)18-16(24)11-15(23)12-6-3-2-4-7-12/h2-10,15,23H,11H2,1H3,(H,18,24). The summed E-state index contributed by atoms with van der Waals surface area (Å²) < 4.78 is 1.56. The van der Waals surface area contributed by atoms with E-state index in [4.69, 9.17) is 0 Å². The average Bonchev–Trinajstić information content (AvgIpc) is 3.02. The lowest BCUT2D eigenvalue weighted by molar-refractivity contribution is -0.118. The first-order chi connectivity index (χ1) is 11.6. The maximum Gasteiger partial charge on any atom is 0.227 e. The number of aliphatic hydroxyl groups excluding tert-OH is 1. The third kappa shape index (κ3) is 3.64. The van der Waals surface area contributed by atoms with Crippen molar-refractivity contribution in [1.29, 1.82) is 0 Å². The van der Waals surface area contributed by atoms with E-state index >= 15 is 0 Å². The van der Waals surface area contributed by atoms with E-state index in [2.05, 4.69) is 20.8 Å². The van der Waals surface area contributed by atoms with Crippen LogP contribution >= 0.6 is 0 Å². The molecule has 0 aliphatic rings. The summed E-state index contributed by atoms with van der Waals surface area (Å²) in [6.45, 7) is 0. The Balaban J connectivity index is 1.68. The summed E-state index contributed by atoms with van der Waals surface area (Å²) in [6.07, 6.45) is -0.850. The first kappa shape index (κ1) is 15.8. The summed E-state index contributed by atoms with van der Waals surface area (Å²) in [4.78, 5) is 12.1. The molecule has 1 amide bonds. The number of hydrogen-bond donors (Lipinski definition) is 2. The Kier molecular flexibility index (Phi) is 4.62. The van der Waals surface area contributed by atoms with Crippen molar-refractivity contribution < 1.29 is 9.90 Å². The molecule has 0 saturated carbocycles. The molecule has 0 spiro atoms. The number of aryl methyl sites for hydroxylation is 1. The predicted molar refractivity (Wildman–Crippen MR) is 88.9 cm³/mol. The number of benzene rings is 2. The van der Waals surface area contributed by atoms with Crippen molar-refractivity contribution in [1.82, 2.24) is 20.2 Å². The van der Waals surface area contributed by atoms with Crippen LogP contribution in [0.15, 0.2) is 54.6 Å². The van der Waals surface area contributed by atoms with E-state index < -0.39 is 6.10 Å². The molecule has 7 nitrogen and oxygen atoms in total. The van der Waals surface area contributed by atoms with Gasteiger partial charge in [0.1, 0.15) is 0 Å². The number of nitrogens with zero attached hydrogens (tertiary/aromatic N) is 4. The van der Waals surface area contributed by atoms with E-state index in [9.17, 15) is 9.90 Å². The number of aliphatic hydroxyl groups is 1.